The Kier molecular flexibility index (Phi) is 5.31. The van der Waals surface area contributed by atoms with E-state index in [4.69, 9.17) is 0 Å². The van der Waals surface area contributed by atoms with Crippen LogP contribution in [0.2, 0.25) is 0 Å². The van der Waals surface area contributed by atoms with Crippen LogP contribution in [0.3, 0.4) is 0 Å². The Balaban J connectivity index is 1.76. The molecule has 0 aliphatic rings. The predicted octanol–water partition coefficient (Wildman–Crippen LogP) is 3.20. The van der Waals surface area contributed by atoms with Crippen molar-refractivity contribution in [3.8, 4) is 0 Å². The molecule has 0 spiro atoms. The van der Waals surface area contributed by atoms with Crippen molar-refractivity contribution in [2.45, 2.75) is 25.0 Å². The summed E-state index contributed by atoms with van der Waals surface area (Å²) < 4.78 is 1.71. The molecule has 4 nitrogen and oxygen atoms in total. The minimum Gasteiger partial charge on any atom is -0.384 e. The Morgan fingerprint density at radius 2 is 1.72 bits per heavy atom. The van der Waals surface area contributed by atoms with E-state index in [1.54, 1.807) is 10.9 Å². The van der Waals surface area contributed by atoms with Crippen molar-refractivity contribution in [2.24, 2.45) is 7.05 Å². The summed E-state index contributed by atoms with van der Waals surface area (Å²) in [6.07, 6.45) is 4.45. The van der Waals surface area contributed by atoms with E-state index in [-0.39, 0.29) is 6.04 Å². The van der Waals surface area contributed by atoms with E-state index < -0.39 is 5.60 Å². The fourth-order valence-electron chi connectivity index (χ4n) is 2.97. The molecule has 0 bridgehead atoms. The summed E-state index contributed by atoms with van der Waals surface area (Å²) in [5.74, 6) is 0. The van der Waals surface area contributed by atoms with Crippen LogP contribution in [0.15, 0.2) is 73.1 Å². The van der Waals surface area contributed by atoms with Gasteiger partial charge in [0.15, 0.2) is 0 Å². The lowest BCUT2D eigenvalue weighted by molar-refractivity contribution is 0.0536. The Bertz CT molecular complexity index is 781. The molecule has 1 heterocycles. The van der Waals surface area contributed by atoms with Crippen LogP contribution in [0.1, 0.15) is 29.7 Å². The first-order valence-corrected chi connectivity index (χ1v) is 8.58. The number of aryl methyl sites for hydroxylation is 1. The van der Waals surface area contributed by atoms with Crippen molar-refractivity contribution in [1.29, 1.82) is 0 Å². The van der Waals surface area contributed by atoms with Gasteiger partial charge in [0.2, 0.25) is 0 Å². The molecular weight excluding hydrogens is 310 g/mol. The molecule has 2 atom stereocenters. The van der Waals surface area contributed by atoms with Gasteiger partial charge in [0.1, 0.15) is 5.60 Å². The zero-order valence-corrected chi connectivity index (χ0v) is 14.8. The first-order valence-electron chi connectivity index (χ1n) is 8.58. The van der Waals surface area contributed by atoms with E-state index in [1.807, 2.05) is 44.4 Å². The van der Waals surface area contributed by atoms with Crippen LogP contribution in [-0.4, -0.2) is 21.4 Å². The molecule has 0 radical (unpaired) electrons. The Hall–Kier alpha value is -2.43. The minimum absolute atomic E-state index is 0.131. The zero-order valence-electron chi connectivity index (χ0n) is 14.8. The molecule has 4 heteroatoms. The average Bonchev–Trinajstić information content (AvgIpc) is 3.08. The van der Waals surface area contributed by atoms with Gasteiger partial charge in [-0.05, 0) is 24.5 Å². The van der Waals surface area contributed by atoms with E-state index in [0.29, 0.717) is 6.54 Å². The van der Waals surface area contributed by atoms with Gasteiger partial charge in [0.25, 0.3) is 0 Å². The summed E-state index contributed by atoms with van der Waals surface area (Å²) in [5.41, 5.74) is 2.32. The van der Waals surface area contributed by atoms with Crippen LogP contribution in [0, 0.1) is 0 Å². The molecule has 130 valence electrons. The third-order valence-corrected chi connectivity index (χ3v) is 4.50. The molecule has 2 unspecified atom stereocenters. The van der Waals surface area contributed by atoms with Gasteiger partial charge in [-0.25, -0.2) is 0 Å². The maximum atomic E-state index is 10.8. The lowest BCUT2D eigenvalue weighted by atomic mass is 9.95. The van der Waals surface area contributed by atoms with E-state index in [0.717, 1.165) is 12.0 Å². The Labute approximate surface area is 149 Å². The Morgan fingerprint density at radius 3 is 2.32 bits per heavy atom. The number of hydrogen-bond acceptors (Lipinski definition) is 3. The fraction of sp³-hybridized carbons (Fsp3) is 0.286. The van der Waals surface area contributed by atoms with Gasteiger partial charge in [0.05, 0.1) is 6.20 Å². The van der Waals surface area contributed by atoms with Crippen molar-refractivity contribution in [2.75, 3.05) is 6.54 Å². The van der Waals surface area contributed by atoms with Gasteiger partial charge in [-0.2, -0.15) is 5.10 Å². The number of aliphatic hydroxyl groups is 1. The van der Waals surface area contributed by atoms with Crippen LogP contribution in [-0.2, 0) is 19.1 Å². The van der Waals surface area contributed by atoms with E-state index in [9.17, 15) is 5.11 Å². The number of nitrogens with one attached hydrogen (secondary N) is 1. The second-order valence-corrected chi connectivity index (χ2v) is 6.71. The van der Waals surface area contributed by atoms with E-state index >= 15 is 0 Å². The van der Waals surface area contributed by atoms with Gasteiger partial charge in [-0.15, -0.1) is 0 Å². The van der Waals surface area contributed by atoms with Crippen LogP contribution in [0.4, 0.5) is 0 Å². The summed E-state index contributed by atoms with van der Waals surface area (Å²) in [7, 11) is 1.86. The van der Waals surface area contributed by atoms with Gasteiger partial charge < -0.3 is 10.4 Å². The SMILES string of the molecule is Cn1cc(C(C)(O)CNC(Cc2ccccc2)c2ccccc2)cn1. The van der Waals surface area contributed by atoms with Gasteiger partial charge in [0, 0.05) is 31.4 Å². The number of rotatable bonds is 7. The monoisotopic (exact) mass is 335 g/mol. The second-order valence-electron chi connectivity index (χ2n) is 6.71. The van der Waals surface area contributed by atoms with Crippen molar-refractivity contribution < 1.29 is 5.11 Å². The highest BCUT2D eigenvalue weighted by Crippen LogP contribution is 2.23. The summed E-state index contributed by atoms with van der Waals surface area (Å²) in [5, 5.41) is 18.6. The van der Waals surface area contributed by atoms with Crippen LogP contribution >= 0.6 is 0 Å². The molecule has 3 rings (SSSR count). The predicted molar refractivity (Wildman–Crippen MR) is 100 cm³/mol. The molecule has 2 aromatic carbocycles. The molecule has 0 saturated heterocycles. The highest BCUT2D eigenvalue weighted by atomic mass is 16.3. The second kappa shape index (κ2) is 7.64. The number of benzene rings is 2. The Morgan fingerprint density at radius 1 is 1.08 bits per heavy atom. The maximum absolute atomic E-state index is 10.8. The van der Waals surface area contributed by atoms with Gasteiger partial charge in [-0.3, -0.25) is 4.68 Å². The largest absolute Gasteiger partial charge is 0.384 e. The molecule has 3 aromatic rings. The molecule has 0 aliphatic carbocycles. The highest BCUT2D eigenvalue weighted by Gasteiger charge is 2.26. The van der Waals surface area contributed by atoms with Crippen molar-refractivity contribution in [3.63, 3.8) is 0 Å². The summed E-state index contributed by atoms with van der Waals surface area (Å²) >= 11 is 0. The average molecular weight is 335 g/mol. The molecule has 25 heavy (non-hydrogen) atoms. The topological polar surface area (TPSA) is 50.1 Å². The summed E-state index contributed by atoms with van der Waals surface area (Å²) in [4.78, 5) is 0. The van der Waals surface area contributed by atoms with Crippen molar-refractivity contribution >= 4 is 0 Å². The normalized spacial score (nSPS) is 14.8. The zero-order chi connectivity index (χ0) is 17.7. The van der Waals surface area contributed by atoms with Crippen molar-refractivity contribution in [3.05, 3.63) is 89.7 Å². The molecule has 0 amide bonds. The van der Waals surface area contributed by atoms with Crippen LogP contribution in [0.25, 0.3) is 0 Å². The lowest BCUT2D eigenvalue weighted by Gasteiger charge is -2.27. The van der Waals surface area contributed by atoms with E-state index in [2.05, 4.69) is 46.8 Å². The van der Waals surface area contributed by atoms with Crippen molar-refractivity contribution in [1.82, 2.24) is 15.1 Å². The smallest absolute Gasteiger partial charge is 0.102 e. The number of nitrogens with zero attached hydrogens (tertiary/aromatic N) is 2. The fourth-order valence-corrected chi connectivity index (χ4v) is 2.97. The van der Waals surface area contributed by atoms with Crippen LogP contribution < -0.4 is 5.32 Å². The molecule has 2 N–H and O–H groups in total. The quantitative estimate of drug-likeness (QED) is 0.697. The standard InChI is InChI=1S/C21H25N3O/c1-21(25,19-14-23-24(2)15-19)16-22-20(18-11-7-4-8-12-18)13-17-9-5-3-6-10-17/h3-12,14-15,20,22,25H,13,16H2,1-2H3. The van der Waals surface area contributed by atoms with Crippen LogP contribution in [0.5, 0.6) is 0 Å². The van der Waals surface area contributed by atoms with Gasteiger partial charge in [-0.1, -0.05) is 60.7 Å². The molecule has 0 saturated carbocycles. The molecule has 0 aliphatic heterocycles. The first kappa shape index (κ1) is 17.4. The van der Waals surface area contributed by atoms with Gasteiger partial charge >= 0.3 is 0 Å². The summed E-state index contributed by atoms with van der Waals surface area (Å²) in [6, 6.07) is 20.9. The highest BCUT2D eigenvalue weighted by molar-refractivity contribution is 5.24. The molecule has 0 fully saturated rings. The molecule has 1 aromatic heterocycles. The summed E-state index contributed by atoms with van der Waals surface area (Å²) in [6.45, 7) is 2.27. The third-order valence-electron chi connectivity index (χ3n) is 4.50. The maximum Gasteiger partial charge on any atom is 0.102 e. The van der Waals surface area contributed by atoms with E-state index in [1.165, 1.54) is 11.1 Å². The number of aromatic nitrogens is 2. The third kappa shape index (κ3) is 4.56. The minimum atomic E-state index is -0.974. The first-order chi connectivity index (χ1) is 12.0. The number of hydrogen-bond donors (Lipinski definition) is 2. The molecular formula is C21H25N3O. The lowest BCUT2D eigenvalue weighted by Crippen LogP contribution is -2.37.